The maximum atomic E-state index is 4.50. The average Bonchev–Trinajstić information content (AvgIpc) is 2.82. The molecule has 3 nitrogen and oxygen atoms in total. The van der Waals surface area contributed by atoms with Crippen LogP contribution in [0.2, 0.25) is 0 Å². The summed E-state index contributed by atoms with van der Waals surface area (Å²) >= 11 is 0. The first kappa shape index (κ1) is 14.8. The Bertz CT molecular complexity index is 502. The van der Waals surface area contributed by atoms with E-state index in [0.717, 1.165) is 32.5 Å². The summed E-state index contributed by atoms with van der Waals surface area (Å²) in [4.78, 5) is 0. The summed E-state index contributed by atoms with van der Waals surface area (Å²) in [6.07, 6.45) is 5.42. The van der Waals surface area contributed by atoms with Crippen LogP contribution in [0.1, 0.15) is 36.6 Å². The molecule has 2 aromatic rings. The van der Waals surface area contributed by atoms with Gasteiger partial charge in [-0.1, -0.05) is 37.3 Å². The molecule has 1 heterocycles. The van der Waals surface area contributed by atoms with Gasteiger partial charge in [-0.2, -0.15) is 5.10 Å². The minimum Gasteiger partial charge on any atom is -0.313 e. The molecule has 1 aromatic carbocycles. The molecular formula is C17H25N3. The van der Waals surface area contributed by atoms with Crippen LogP contribution in [-0.4, -0.2) is 16.3 Å². The molecule has 0 atom stereocenters. The van der Waals surface area contributed by atoms with Crippen LogP contribution < -0.4 is 5.32 Å². The van der Waals surface area contributed by atoms with Crippen molar-refractivity contribution < 1.29 is 0 Å². The second-order valence-corrected chi connectivity index (χ2v) is 5.24. The van der Waals surface area contributed by atoms with Gasteiger partial charge >= 0.3 is 0 Å². The van der Waals surface area contributed by atoms with Gasteiger partial charge in [-0.05, 0) is 38.3 Å². The maximum Gasteiger partial charge on any atom is 0.0537 e. The number of hydrogen-bond donors (Lipinski definition) is 1. The number of nitrogens with zero attached hydrogens (tertiary/aromatic N) is 2. The van der Waals surface area contributed by atoms with E-state index in [4.69, 9.17) is 0 Å². The second-order valence-electron chi connectivity index (χ2n) is 5.24. The SMILES string of the molecule is CCCNCc1cnn(CCCc2ccccc2)c1C. The van der Waals surface area contributed by atoms with Crippen molar-refractivity contribution in [2.24, 2.45) is 0 Å². The normalized spacial score (nSPS) is 10.9. The van der Waals surface area contributed by atoms with Crippen LogP contribution in [0.5, 0.6) is 0 Å². The van der Waals surface area contributed by atoms with Crippen molar-refractivity contribution in [2.75, 3.05) is 6.54 Å². The van der Waals surface area contributed by atoms with E-state index in [2.05, 4.69) is 59.3 Å². The number of nitrogens with one attached hydrogen (secondary N) is 1. The Morgan fingerprint density at radius 1 is 1.20 bits per heavy atom. The van der Waals surface area contributed by atoms with Gasteiger partial charge in [0.1, 0.15) is 0 Å². The molecular weight excluding hydrogens is 246 g/mol. The highest BCUT2D eigenvalue weighted by atomic mass is 15.3. The van der Waals surface area contributed by atoms with Gasteiger partial charge in [0, 0.05) is 24.3 Å². The Hall–Kier alpha value is -1.61. The molecule has 0 aliphatic rings. The topological polar surface area (TPSA) is 29.9 Å². The quantitative estimate of drug-likeness (QED) is 0.746. The highest BCUT2D eigenvalue weighted by molar-refractivity contribution is 5.16. The van der Waals surface area contributed by atoms with Crippen molar-refractivity contribution in [1.29, 1.82) is 0 Å². The lowest BCUT2D eigenvalue weighted by Gasteiger charge is -2.06. The van der Waals surface area contributed by atoms with Crippen molar-refractivity contribution in [3.8, 4) is 0 Å². The van der Waals surface area contributed by atoms with Crippen LogP contribution in [0.15, 0.2) is 36.5 Å². The standard InChI is InChI=1S/C17H25N3/c1-3-11-18-13-17-14-19-20(15(17)2)12-7-10-16-8-5-4-6-9-16/h4-6,8-9,14,18H,3,7,10-13H2,1-2H3. The smallest absolute Gasteiger partial charge is 0.0537 e. The van der Waals surface area contributed by atoms with Gasteiger partial charge in [0.05, 0.1) is 6.20 Å². The zero-order chi connectivity index (χ0) is 14.2. The summed E-state index contributed by atoms with van der Waals surface area (Å²) in [5.41, 5.74) is 4.02. The third-order valence-electron chi connectivity index (χ3n) is 3.63. The zero-order valence-electron chi connectivity index (χ0n) is 12.6. The number of aromatic nitrogens is 2. The molecule has 2 rings (SSSR count). The average molecular weight is 271 g/mol. The Labute approximate surface area is 122 Å². The molecule has 0 bridgehead atoms. The number of rotatable bonds is 8. The Balaban J connectivity index is 1.81. The molecule has 0 saturated carbocycles. The second kappa shape index (κ2) is 7.85. The van der Waals surface area contributed by atoms with Crippen LogP contribution in [0.3, 0.4) is 0 Å². The molecule has 0 amide bonds. The minimum absolute atomic E-state index is 0.929. The van der Waals surface area contributed by atoms with Gasteiger partial charge in [-0.3, -0.25) is 4.68 Å². The summed E-state index contributed by atoms with van der Waals surface area (Å²) < 4.78 is 2.13. The first-order valence-corrected chi connectivity index (χ1v) is 7.57. The van der Waals surface area contributed by atoms with Crippen LogP contribution in [0, 0.1) is 6.92 Å². The van der Waals surface area contributed by atoms with E-state index < -0.39 is 0 Å². The van der Waals surface area contributed by atoms with Gasteiger partial charge in [-0.25, -0.2) is 0 Å². The zero-order valence-corrected chi connectivity index (χ0v) is 12.6. The van der Waals surface area contributed by atoms with Crippen molar-refractivity contribution in [3.05, 3.63) is 53.3 Å². The van der Waals surface area contributed by atoms with Crippen LogP contribution in [0.4, 0.5) is 0 Å². The van der Waals surface area contributed by atoms with Crippen molar-refractivity contribution in [3.63, 3.8) is 0 Å². The summed E-state index contributed by atoms with van der Waals surface area (Å²) in [7, 11) is 0. The van der Waals surface area contributed by atoms with Gasteiger partial charge in [0.2, 0.25) is 0 Å². The number of hydrogen-bond acceptors (Lipinski definition) is 2. The lowest BCUT2D eigenvalue weighted by atomic mass is 10.1. The monoisotopic (exact) mass is 271 g/mol. The predicted octanol–water partition coefficient (Wildman–Crippen LogP) is 3.32. The van der Waals surface area contributed by atoms with E-state index in [9.17, 15) is 0 Å². The molecule has 0 spiro atoms. The first-order chi connectivity index (χ1) is 9.81. The fourth-order valence-electron chi connectivity index (χ4n) is 2.36. The molecule has 0 radical (unpaired) electrons. The van der Waals surface area contributed by atoms with E-state index in [0.29, 0.717) is 0 Å². The number of benzene rings is 1. The Kier molecular flexibility index (Phi) is 5.81. The molecule has 0 fully saturated rings. The minimum atomic E-state index is 0.929. The van der Waals surface area contributed by atoms with Crippen LogP contribution in [-0.2, 0) is 19.5 Å². The summed E-state index contributed by atoms with van der Waals surface area (Å²) in [6, 6.07) is 10.7. The van der Waals surface area contributed by atoms with Gasteiger partial charge < -0.3 is 5.32 Å². The maximum absolute atomic E-state index is 4.50. The Morgan fingerprint density at radius 3 is 2.75 bits per heavy atom. The largest absolute Gasteiger partial charge is 0.313 e. The van der Waals surface area contributed by atoms with Gasteiger partial charge in [0.25, 0.3) is 0 Å². The molecule has 20 heavy (non-hydrogen) atoms. The van der Waals surface area contributed by atoms with E-state index in [1.54, 1.807) is 0 Å². The third-order valence-corrected chi connectivity index (χ3v) is 3.63. The molecule has 0 aliphatic carbocycles. The van der Waals surface area contributed by atoms with Gasteiger partial charge in [0.15, 0.2) is 0 Å². The van der Waals surface area contributed by atoms with E-state index in [-0.39, 0.29) is 0 Å². The summed E-state index contributed by atoms with van der Waals surface area (Å²) in [5.74, 6) is 0. The van der Waals surface area contributed by atoms with Crippen molar-refractivity contribution in [2.45, 2.75) is 46.2 Å². The van der Waals surface area contributed by atoms with E-state index >= 15 is 0 Å². The Morgan fingerprint density at radius 2 is 2.00 bits per heavy atom. The summed E-state index contributed by atoms with van der Waals surface area (Å²) in [6.45, 7) is 7.34. The predicted molar refractivity (Wildman–Crippen MR) is 83.7 cm³/mol. The van der Waals surface area contributed by atoms with E-state index in [1.807, 2.05) is 6.20 Å². The molecule has 1 N–H and O–H groups in total. The van der Waals surface area contributed by atoms with Gasteiger partial charge in [-0.15, -0.1) is 0 Å². The highest BCUT2D eigenvalue weighted by Gasteiger charge is 2.05. The highest BCUT2D eigenvalue weighted by Crippen LogP contribution is 2.09. The fourth-order valence-corrected chi connectivity index (χ4v) is 2.36. The lowest BCUT2D eigenvalue weighted by Crippen LogP contribution is -2.14. The molecule has 108 valence electrons. The molecule has 0 unspecified atom stereocenters. The number of aryl methyl sites for hydroxylation is 2. The third kappa shape index (κ3) is 4.20. The molecule has 3 heteroatoms. The van der Waals surface area contributed by atoms with Crippen molar-refractivity contribution in [1.82, 2.24) is 15.1 Å². The molecule has 0 saturated heterocycles. The molecule has 0 aliphatic heterocycles. The van der Waals surface area contributed by atoms with Crippen LogP contribution >= 0.6 is 0 Å². The van der Waals surface area contributed by atoms with E-state index in [1.165, 1.54) is 23.2 Å². The lowest BCUT2D eigenvalue weighted by molar-refractivity contribution is 0.563. The first-order valence-electron chi connectivity index (χ1n) is 7.57. The van der Waals surface area contributed by atoms with Crippen molar-refractivity contribution >= 4 is 0 Å². The fraction of sp³-hybridized carbons (Fsp3) is 0.471. The molecule has 1 aromatic heterocycles. The summed E-state index contributed by atoms with van der Waals surface area (Å²) in [5, 5.41) is 7.94. The van der Waals surface area contributed by atoms with Crippen LogP contribution in [0.25, 0.3) is 0 Å².